The standard InChI is InChI=1S/C25H48NO.BrH/c1-4-7-8-9-10-11-14-26(5-2,6-3)15-12-13-25(27)23-17-21-16-22(19-23)20-24(25)18-21;/h21-24,27H,4-20H2,1-3H3;1H/q+1;/p-1. The van der Waals surface area contributed by atoms with Gasteiger partial charge in [0.2, 0.25) is 0 Å². The van der Waals surface area contributed by atoms with Crippen LogP contribution in [-0.4, -0.2) is 41.4 Å². The third-order valence-corrected chi connectivity index (χ3v) is 9.09. The summed E-state index contributed by atoms with van der Waals surface area (Å²) in [6, 6.07) is 0. The summed E-state index contributed by atoms with van der Waals surface area (Å²) < 4.78 is 1.28. The molecule has 0 aromatic rings. The lowest BCUT2D eigenvalue weighted by Gasteiger charge is -2.59. The second kappa shape index (κ2) is 11.1. The van der Waals surface area contributed by atoms with E-state index in [-0.39, 0.29) is 22.6 Å². The van der Waals surface area contributed by atoms with E-state index < -0.39 is 0 Å². The van der Waals surface area contributed by atoms with Crippen LogP contribution < -0.4 is 17.0 Å². The van der Waals surface area contributed by atoms with Gasteiger partial charge in [0.1, 0.15) is 0 Å². The fraction of sp³-hybridized carbons (Fsp3) is 1.00. The molecule has 0 atom stereocenters. The molecule has 0 unspecified atom stereocenters. The van der Waals surface area contributed by atoms with Crippen LogP contribution in [0.5, 0.6) is 0 Å². The Labute approximate surface area is 186 Å². The van der Waals surface area contributed by atoms with Gasteiger partial charge in [-0.3, -0.25) is 0 Å². The van der Waals surface area contributed by atoms with Crippen LogP contribution in [0.3, 0.4) is 0 Å². The Morgan fingerprint density at radius 1 is 0.714 bits per heavy atom. The first kappa shape index (κ1) is 24.7. The molecule has 28 heavy (non-hydrogen) atoms. The minimum Gasteiger partial charge on any atom is -1.00 e. The molecule has 0 amide bonds. The molecule has 4 saturated carbocycles. The number of nitrogens with zero attached hydrogens (tertiary/aromatic N) is 1. The topological polar surface area (TPSA) is 20.2 Å². The fourth-order valence-electron chi connectivity index (χ4n) is 7.30. The molecule has 4 aliphatic rings. The molecule has 0 spiro atoms. The van der Waals surface area contributed by atoms with Gasteiger partial charge in [0, 0.05) is 0 Å². The van der Waals surface area contributed by atoms with Gasteiger partial charge in [-0.05, 0) is 95.3 Å². The van der Waals surface area contributed by atoms with Crippen molar-refractivity contribution in [3.8, 4) is 0 Å². The van der Waals surface area contributed by atoms with Crippen LogP contribution in [0.2, 0.25) is 0 Å². The van der Waals surface area contributed by atoms with Crippen LogP contribution in [0, 0.1) is 23.7 Å². The number of aliphatic hydroxyl groups is 1. The van der Waals surface area contributed by atoms with E-state index in [0.29, 0.717) is 11.8 Å². The molecule has 0 radical (unpaired) electrons. The third kappa shape index (κ3) is 5.55. The summed E-state index contributed by atoms with van der Waals surface area (Å²) >= 11 is 0. The van der Waals surface area contributed by atoms with Gasteiger partial charge in [0.05, 0.1) is 31.8 Å². The lowest BCUT2D eigenvalue weighted by molar-refractivity contribution is -0.925. The van der Waals surface area contributed by atoms with Crippen molar-refractivity contribution in [2.24, 2.45) is 23.7 Å². The molecule has 1 N–H and O–H groups in total. The highest BCUT2D eigenvalue weighted by Gasteiger charge is 2.56. The van der Waals surface area contributed by atoms with Crippen molar-refractivity contribution in [1.29, 1.82) is 0 Å². The molecule has 4 fully saturated rings. The van der Waals surface area contributed by atoms with E-state index in [0.717, 1.165) is 18.3 Å². The van der Waals surface area contributed by atoms with Crippen LogP contribution in [0.4, 0.5) is 0 Å². The number of quaternary nitrogens is 1. The normalized spacial score (nSPS) is 33.9. The van der Waals surface area contributed by atoms with E-state index in [1.807, 2.05) is 0 Å². The molecule has 166 valence electrons. The van der Waals surface area contributed by atoms with Crippen LogP contribution in [-0.2, 0) is 0 Å². The maximum absolute atomic E-state index is 11.6. The molecular weight excluding hydrogens is 410 g/mol. The Kier molecular flexibility index (Phi) is 9.82. The molecule has 4 rings (SSSR count). The minimum absolute atomic E-state index is 0. The van der Waals surface area contributed by atoms with Crippen molar-refractivity contribution in [3.63, 3.8) is 0 Å². The van der Waals surface area contributed by atoms with Crippen molar-refractivity contribution >= 4 is 0 Å². The number of rotatable bonds is 13. The second-order valence-electron chi connectivity index (χ2n) is 10.6. The zero-order valence-electron chi connectivity index (χ0n) is 19.1. The number of halogens is 1. The van der Waals surface area contributed by atoms with E-state index in [2.05, 4.69) is 20.8 Å². The molecule has 3 heteroatoms. The minimum atomic E-state index is -0.301. The summed E-state index contributed by atoms with van der Waals surface area (Å²) in [5.41, 5.74) is -0.301. The smallest absolute Gasteiger partial charge is 0.0787 e. The van der Waals surface area contributed by atoms with Crippen LogP contribution in [0.25, 0.3) is 0 Å². The number of unbranched alkanes of at least 4 members (excludes halogenated alkanes) is 5. The van der Waals surface area contributed by atoms with Crippen molar-refractivity contribution in [1.82, 2.24) is 0 Å². The van der Waals surface area contributed by atoms with E-state index in [9.17, 15) is 5.11 Å². The zero-order chi connectivity index (χ0) is 19.3. The molecule has 2 nitrogen and oxygen atoms in total. The Hall–Kier alpha value is 0.400. The van der Waals surface area contributed by atoms with E-state index in [1.165, 1.54) is 108 Å². The van der Waals surface area contributed by atoms with Gasteiger partial charge in [-0.25, -0.2) is 0 Å². The number of hydrogen-bond donors (Lipinski definition) is 1. The van der Waals surface area contributed by atoms with Gasteiger partial charge < -0.3 is 26.6 Å². The summed E-state index contributed by atoms with van der Waals surface area (Å²) in [5.74, 6) is 3.19. The molecule has 0 aromatic carbocycles. The van der Waals surface area contributed by atoms with Crippen molar-refractivity contribution in [2.75, 3.05) is 26.2 Å². The Bertz CT molecular complexity index is 420. The first-order chi connectivity index (χ1) is 13.0. The number of hydrogen-bond acceptors (Lipinski definition) is 1. The maximum Gasteiger partial charge on any atom is 0.0787 e. The van der Waals surface area contributed by atoms with Crippen molar-refractivity contribution in [3.05, 3.63) is 0 Å². The molecular formula is C25H48BrNO. The predicted octanol–water partition coefficient (Wildman–Crippen LogP) is 3.17. The Balaban J connectivity index is 0.00000280. The van der Waals surface area contributed by atoms with Gasteiger partial charge in [-0.15, -0.1) is 0 Å². The van der Waals surface area contributed by atoms with E-state index >= 15 is 0 Å². The van der Waals surface area contributed by atoms with Gasteiger partial charge >= 0.3 is 0 Å². The van der Waals surface area contributed by atoms with Crippen molar-refractivity contribution < 1.29 is 26.6 Å². The first-order valence-electron chi connectivity index (χ1n) is 12.6. The largest absolute Gasteiger partial charge is 1.00 e. The van der Waals surface area contributed by atoms with Gasteiger partial charge in [-0.2, -0.15) is 0 Å². The fourth-order valence-corrected chi connectivity index (χ4v) is 7.30. The van der Waals surface area contributed by atoms with Crippen LogP contribution in [0.15, 0.2) is 0 Å². The molecule has 0 aliphatic heterocycles. The monoisotopic (exact) mass is 457 g/mol. The summed E-state index contributed by atoms with van der Waals surface area (Å²) in [7, 11) is 0. The van der Waals surface area contributed by atoms with Gasteiger partial charge in [0.25, 0.3) is 0 Å². The van der Waals surface area contributed by atoms with E-state index in [1.54, 1.807) is 0 Å². The Morgan fingerprint density at radius 2 is 1.21 bits per heavy atom. The second-order valence-corrected chi connectivity index (χ2v) is 10.6. The predicted molar refractivity (Wildman–Crippen MR) is 116 cm³/mol. The highest BCUT2D eigenvalue weighted by Crippen LogP contribution is 2.59. The molecule has 0 heterocycles. The molecule has 0 saturated heterocycles. The average molecular weight is 459 g/mol. The van der Waals surface area contributed by atoms with Crippen LogP contribution >= 0.6 is 0 Å². The summed E-state index contributed by atoms with van der Waals surface area (Å²) in [4.78, 5) is 0. The molecule has 4 aliphatic carbocycles. The van der Waals surface area contributed by atoms with E-state index in [4.69, 9.17) is 0 Å². The average Bonchev–Trinajstić information content (AvgIpc) is 2.67. The SMILES string of the molecule is CCCCCCCC[N+](CC)(CC)CCCC1(O)C2CC3CC(C2)CC1C3.[Br-]. The van der Waals surface area contributed by atoms with Gasteiger partial charge in [0.15, 0.2) is 0 Å². The third-order valence-electron chi connectivity index (χ3n) is 9.09. The lowest BCUT2D eigenvalue weighted by atomic mass is 9.49. The highest BCUT2D eigenvalue weighted by molar-refractivity contribution is 5.06. The molecule has 4 bridgehead atoms. The summed E-state index contributed by atoms with van der Waals surface area (Å²) in [5, 5.41) is 11.6. The quantitative estimate of drug-likeness (QED) is 0.332. The molecule has 0 aromatic heterocycles. The summed E-state index contributed by atoms with van der Waals surface area (Å²) in [6.45, 7) is 12.2. The Morgan fingerprint density at radius 3 is 1.75 bits per heavy atom. The van der Waals surface area contributed by atoms with Crippen molar-refractivity contribution in [2.45, 2.75) is 110 Å². The van der Waals surface area contributed by atoms with Gasteiger partial charge in [-0.1, -0.05) is 32.6 Å². The lowest BCUT2D eigenvalue weighted by Crippen LogP contribution is -3.00. The zero-order valence-corrected chi connectivity index (χ0v) is 20.7. The first-order valence-corrected chi connectivity index (χ1v) is 12.6. The summed E-state index contributed by atoms with van der Waals surface area (Å²) in [6.07, 6.45) is 17.5. The highest BCUT2D eigenvalue weighted by atomic mass is 79.9. The van der Waals surface area contributed by atoms with Crippen LogP contribution in [0.1, 0.15) is 104 Å². The maximum atomic E-state index is 11.6.